The molecule has 0 bridgehead atoms. The summed E-state index contributed by atoms with van der Waals surface area (Å²) in [6.45, 7) is 6.46. The summed E-state index contributed by atoms with van der Waals surface area (Å²) in [6, 6.07) is -0.0583. The van der Waals surface area contributed by atoms with Crippen molar-refractivity contribution < 1.29 is 9.90 Å². The van der Waals surface area contributed by atoms with E-state index in [0.717, 1.165) is 17.1 Å². The summed E-state index contributed by atoms with van der Waals surface area (Å²) in [6.07, 6.45) is 1.08. The van der Waals surface area contributed by atoms with Gasteiger partial charge in [0.25, 0.3) is 0 Å². The molecule has 3 N–H and O–H groups in total. The molecule has 9 heteroatoms. The second-order valence-electron chi connectivity index (χ2n) is 5.60. The molecule has 9 nitrogen and oxygen atoms in total. The van der Waals surface area contributed by atoms with Crippen LogP contribution in [-0.4, -0.2) is 54.3 Å². The number of nitrogens with one attached hydrogen (secondary N) is 2. The van der Waals surface area contributed by atoms with Crippen molar-refractivity contribution in [3.05, 3.63) is 23.3 Å². The van der Waals surface area contributed by atoms with Crippen LogP contribution in [0.2, 0.25) is 0 Å². The summed E-state index contributed by atoms with van der Waals surface area (Å²) in [5.41, 5.74) is 2.86. The number of hydrogen-bond acceptors (Lipinski definition) is 5. The summed E-state index contributed by atoms with van der Waals surface area (Å²) in [4.78, 5) is 13.9. The maximum absolute atomic E-state index is 12.2. The predicted octanol–water partition coefficient (Wildman–Crippen LogP) is 0.760. The molecule has 1 aliphatic rings. The molecule has 2 amide bonds. The largest absolute Gasteiger partial charge is 0.387 e. The van der Waals surface area contributed by atoms with E-state index in [1.165, 1.54) is 0 Å². The average molecular weight is 305 g/mol. The zero-order valence-corrected chi connectivity index (χ0v) is 12.7. The molecule has 2 aromatic heterocycles. The third-order valence-electron chi connectivity index (χ3n) is 3.84. The monoisotopic (exact) mass is 305 g/mol. The van der Waals surface area contributed by atoms with Gasteiger partial charge in [0.1, 0.15) is 5.69 Å². The number of aliphatic hydroxyl groups is 1. The molecule has 3 rings (SSSR count). The first-order chi connectivity index (χ1) is 10.5. The molecule has 0 aliphatic carbocycles. The van der Waals surface area contributed by atoms with E-state index >= 15 is 0 Å². The van der Waals surface area contributed by atoms with E-state index in [1.807, 2.05) is 13.8 Å². The first-order valence-electron chi connectivity index (χ1n) is 7.13. The van der Waals surface area contributed by atoms with Gasteiger partial charge in [-0.15, -0.1) is 5.10 Å². The highest BCUT2D eigenvalue weighted by Crippen LogP contribution is 2.23. The normalized spacial score (nSPS) is 16.5. The molecule has 22 heavy (non-hydrogen) atoms. The lowest BCUT2D eigenvalue weighted by Crippen LogP contribution is -2.52. The molecule has 3 heterocycles. The lowest BCUT2D eigenvalue weighted by atomic mass is 10.1. The number of urea groups is 1. The van der Waals surface area contributed by atoms with E-state index in [-0.39, 0.29) is 12.1 Å². The van der Waals surface area contributed by atoms with Gasteiger partial charge in [0.05, 0.1) is 35.4 Å². The van der Waals surface area contributed by atoms with E-state index in [4.69, 9.17) is 0 Å². The van der Waals surface area contributed by atoms with Crippen molar-refractivity contribution in [3.8, 4) is 0 Å². The van der Waals surface area contributed by atoms with E-state index in [9.17, 15) is 9.90 Å². The smallest absolute Gasteiger partial charge is 0.322 e. The third-order valence-corrected chi connectivity index (χ3v) is 3.84. The zero-order chi connectivity index (χ0) is 15.9. The summed E-state index contributed by atoms with van der Waals surface area (Å²) >= 11 is 0. The molecular weight excluding hydrogens is 286 g/mol. The first-order valence-corrected chi connectivity index (χ1v) is 7.13. The number of rotatable bonds is 3. The Labute approximate surface area is 127 Å². The minimum absolute atomic E-state index is 0.0947. The quantitative estimate of drug-likeness (QED) is 0.775. The molecule has 0 spiro atoms. The molecule has 2 aromatic rings. The van der Waals surface area contributed by atoms with E-state index in [1.54, 1.807) is 22.7 Å². The minimum Gasteiger partial charge on any atom is -0.387 e. The van der Waals surface area contributed by atoms with Gasteiger partial charge in [-0.05, 0) is 20.8 Å². The number of carbonyl (C=O) groups excluding carboxylic acids is 1. The topological polar surface area (TPSA) is 112 Å². The maximum atomic E-state index is 12.2. The minimum atomic E-state index is -0.639. The van der Waals surface area contributed by atoms with Crippen molar-refractivity contribution in [2.24, 2.45) is 0 Å². The van der Waals surface area contributed by atoms with Crippen molar-refractivity contribution >= 4 is 11.7 Å². The second-order valence-corrected chi connectivity index (χ2v) is 5.60. The molecule has 118 valence electrons. The number of aromatic nitrogens is 5. The number of hydrogen-bond donors (Lipinski definition) is 3. The van der Waals surface area contributed by atoms with Gasteiger partial charge in [-0.25, -0.2) is 9.48 Å². The highest BCUT2D eigenvalue weighted by molar-refractivity contribution is 5.91. The number of nitrogens with zero attached hydrogens (tertiary/aromatic N) is 5. The summed E-state index contributed by atoms with van der Waals surface area (Å²) in [5, 5.41) is 27.1. The Balaban J connectivity index is 1.57. The van der Waals surface area contributed by atoms with Gasteiger partial charge in [0, 0.05) is 13.1 Å². The van der Waals surface area contributed by atoms with Gasteiger partial charge >= 0.3 is 6.03 Å². The van der Waals surface area contributed by atoms with Crippen molar-refractivity contribution in [1.82, 2.24) is 30.1 Å². The number of aliphatic hydroxyl groups excluding tert-OH is 1. The molecule has 1 unspecified atom stereocenters. The van der Waals surface area contributed by atoms with E-state index < -0.39 is 6.10 Å². The number of anilines is 1. The van der Waals surface area contributed by atoms with Crippen LogP contribution in [0.1, 0.15) is 36.2 Å². The fourth-order valence-electron chi connectivity index (χ4n) is 2.37. The number of H-pyrrole nitrogens is 1. The van der Waals surface area contributed by atoms with Crippen molar-refractivity contribution in [2.45, 2.75) is 32.9 Å². The Morgan fingerprint density at radius 3 is 2.77 bits per heavy atom. The fourth-order valence-corrected chi connectivity index (χ4v) is 2.37. The number of aryl methyl sites for hydroxylation is 2. The molecule has 0 saturated carbocycles. The Hall–Kier alpha value is -2.42. The predicted molar refractivity (Wildman–Crippen MR) is 78.3 cm³/mol. The van der Waals surface area contributed by atoms with E-state index in [0.29, 0.717) is 18.8 Å². The zero-order valence-electron chi connectivity index (χ0n) is 12.7. The van der Waals surface area contributed by atoms with Crippen LogP contribution in [0.5, 0.6) is 0 Å². The molecular formula is C13H19N7O2. The van der Waals surface area contributed by atoms with Crippen molar-refractivity contribution in [1.29, 1.82) is 0 Å². The van der Waals surface area contributed by atoms with Crippen molar-refractivity contribution in [3.63, 3.8) is 0 Å². The number of aromatic amines is 1. The van der Waals surface area contributed by atoms with Crippen LogP contribution in [0.4, 0.5) is 10.5 Å². The third kappa shape index (κ3) is 2.54. The standard InChI is InChI=1S/C13H19N7O2/c1-7-12(8(2)16-15-7)14-13(22)19-4-10(5-19)20-6-11(9(3)21)17-18-20/h6,9-10,21H,4-5H2,1-3H3,(H,14,22)(H,15,16). The molecule has 1 atom stereocenters. The van der Waals surface area contributed by atoms with E-state index in [2.05, 4.69) is 25.8 Å². The molecule has 1 aliphatic heterocycles. The van der Waals surface area contributed by atoms with Crippen LogP contribution in [0.15, 0.2) is 6.20 Å². The highest BCUT2D eigenvalue weighted by Gasteiger charge is 2.33. The lowest BCUT2D eigenvalue weighted by molar-refractivity contribution is 0.127. The van der Waals surface area contributed by atoms with Gasteiger partial charge < -0.3 is 15.3 Å². The molecule has 1 saturated heterocycles. The van der Waals surface area contributed by atoms with Crippen LogP contribution >= 0.6 is 0 Å². The lowest BCUT2D eigenvalue weighted by Gasteiger charge is -2.38. The Morgan fingerprint density at radius 1 is 1.50 bits per heavy atom. The second kappa shape index (κ2) is 5.41. The molecule has 0 radical (unpaired) electrons. The van der Waals surface area contributed by atoms with Crippen LogP contribution in [0.25, 0.3) is 0 Å². The maximum Gasteiger partial charge on any atom is 0.322 e. The van der Waals surface area contributed by atoms with Gasteiger partial charge in [-0.2, -0.15) is 5.10 Å². The van der Waals surface area contributed by atoms with Gasteiger partial charge in [0.15, 0.2) is 0 Å². The number of carbonyl (C=O) groups is 1. The Morgan fingerprint density at radius 2 is 2.23 bits per heavy atom. The molecule has 0 aromatic carbocycles. The van der Waals surface area contributed by atoms with Crippen LogP contribution in [0, 0.1) is 13.8 Å². The summed E-state index contributed by atoms with van der Waals surface area (Å²) < 4.78 is 1.69. The number of amides is 2. The van der Waals surface area contributed by atoms with Crippen LogP contribution < -0.4 is 5.32 Å². The van der Waals surface area contributed by atoms with Gasteiger partial charge in [-0.3, -0.25) is 5.10 Å². The molecule has 1 fully saturated rings. The SMILES string of the molecule is Cc1n[nH]c(C)c1NC(=O)N1CC(n2cc(C(C)O)nn2)C1. The Bertz CT molecular complexity index is 665. The van der Waals surface area contributed by atoms with Crippen molar-refractivity contribution in [2.75, 3.05) is 18.4 Å². The highest BCUT2D eigenvalue weighted by atomic mass is 16.3. The summed E-state index contributed by atoms with van der Waals surface area (Å²) in [5.74, 6) is 0. The fraction of sp³-hybridized carbons (Fsp3) is 0.538. The van der Waals surface area contributed by atoms with Crippen LogP contribution in [0.3, 0.4) is 0 Å². The Kier molecular flexibility index (Phi) is 3.57. The van der Waals surface area contributed by atoms with Gasteiger partial charge in [-0.1, -0.05) is 5.21 Å². The summed E-state index contributed by atoms with van der Waals surface area (Å²) in [7, 11) is 0. The van der Waals surface area contributed by atoms with Crippen LogP contribution in [-0.2, 0) is 0 Å². The first kappa shape index (κ1) is 14.5. The number of likely N-dealkylation sites (tertiary alicyclic amines) is 1. The van der Waals surface area contributed by atoms with Gasteiger partial charge in [0.2, 0.25) is 0 Å². The average Bonchev–Trinajstić information content (AvgIpc) is 3.00.